The van der Waals surface area contributed by atoms with Gasteiger partial charge in [0.1, 0.15) is 5.52 Å². The highest BCUT2D eigenvalue weighted by Gasteiger charge is 2.10. The minimum atomic E-state index is 0.318. The summed E-state index contributed by atoms with van der Waals surface area (Å²) < 4.78 is 11.2. The molecule has 0 aliphatic carbocycles. The number of rotatable bonds is 5. The van der Waals surface area contributed by atoms with E-state index in [0.717, 1.165) is 16.6 Å². The minimum absolute atomic E-state index is 0.318. The van der Waals surface area contributed by atoms with Crippen LogP contribution in [0.25, 0.3) is 15.7 Å². The van der Waals surface area contributed by atoms with Gasteiger partial charge in [0.15, 0.2) is 11.4 Å². The van der Waals surface area contributed by atoms with Crippen molar-refractivity contribution in [2.75, 3.05) is 12.4 Å². The number of anilines is 2. The minimum Gasteiger partial charge on any atom is -0.481 e. The third-order valence-corrected chi connectivity index (χ3v) is 3.95. The van der Waals surface area contributed by atoms with Crippen molar-refractivity contribution in [3.63, 3.8) is 0 Å². The van der Waals surface area contributed by atoms with Gasteiger partial charge in [-0.3, -0.25) is 4.98 Å². The molecule has 0 saturated carbocycles. The average molecular weight is 369 g/mol. The first-order chi connectivity index (χ1) is 13.7. The number of fused-ring (bicyclic) bond motifs is 1. The van der Waals surface area contributed by atoms with E-state index >= 15 is 0 Å². The second-order valence-corrected chi connectivity index (χ2v) is 5.79. The molecule has 2 aromatic carbocycles. The van der Waals surface area contributed by atoms with Crippen LogP contribution < -0.4 is 14.8 Å². The predicted octanol–water partition coefficient (Wildman–Crippen LogP) is 5.12. The van der Waals surface area contributed by atoms with Gasteiger partial charge in [0.2, 0.25) is 17.7 Å². The Morgan fingerprint density at radius 3 is 2.54 bits per heavy atom. The number of nitrogens with zero attached hydrogens (tertiary/aromatic N) is 4. The van der Waals surface area contributed by atoms with E-state index in [1.807, 2.05) is 30.3 Å². The molecule has 1 N–H and O–H groups in total. The molecule has 0 spiro atoms. The quantitative estimate of drug-likeness (QED) is 0.492. The van der Waals surface area contributed by atoms with Crippen molar-refractivity contribution in [2.45, 2.75) is 0 Å². The van der Waals surface area contributed by atoms with Crippen LogP contribution in [0.4, 0.5) is 17.3 Å². The summed E-state index contributed by atoms with van der Waals surface area (Å²) in [6, 6.07) is 18.2. The molecule has 4 aromatic rings. The molecule has 2 heterocycles. The Kier molecular flexibility index (Phi) is 4.68. The van der Waals surface area contributed by atoms with Gasteiger partial charge in [0.25, 0.3) is 0 Å². The largest absolute Gasteiger partial charge is 0.481 e. The summed E-state index contributed by atoms with van der Waals surface area (Å²) in [5.74, 6) is 1.59. The Labute approximate surface area is 161 Å². The zero-order valence-electron chi connectivity index (χ0n) is 15.0. The molecule has 0 aliphatic heterocycles. The summed E-state index contributed by atoms with van der Waals surface area (Å²) >= 11 is 0. The average Bonchev–Trinajstić information content (AvgIpc) is 2.74. The predicted molar refractivity (Wildman–Crippen MR) is 106 cm³/mol. The van der Waals surface area contributed by atoms with Gasteiger partial charge in [-0.2, -0.15) is 9.97 Å². The third kappa shape index (κ3) is 3.66. The van der Waals surface area contributed by atoms with Crippen LogP contribution >= 0.6 is 0 Å². The Morgan fingerprint density at radius 1 is 0.964 bits per heavy atom. The van der Waals surface area contributed by atoms with Crippen LogP contribution in [-0.2, 0) is 0 Å². The number of hydrogen-bond acceptors (Lipinski definition) is 6. The maximum Gasteiger partial charge on any atom is 0.233 e. The van der Waals surface area contributed by atoms with Gasteiger partial charge in [0, 0.05) is 17.3 Å². The van der Waals surface area contributed by atoms with Crippen molar-refractivity contribution in [2.24, 2.45) is 0 Å². The van der Waals surface area contributed by atoms with E-state index in [2.05, 4.69) is 25.1 Å². The van der Waals surface area contributed by atoms with E-state index in [1.54, 1.807) is 36.5 Å². The molecule has 0 unspecified atom stereocenters. The summed E-state index contributed by atoms with van der Waals surface area (Å²) in [6.45, 7) is 7.02. The Morgan fingerprint density at radius 2 is 1.75 bits per heavy atom. The molecule has 4 rings (SSSR count). The molecule has 0 radical (unpaired) electrons. The molecule has 0 saturated heterocycles. The number of aromatic nitrogens is 3. The van der Waals surface area contributed by atoms with E-state index in [-0.39, 0.29) is 0 Å². The van der Waals surface area contributed by atoms with E-state index in [4.69, 9.17) is 16.0 Å². The monoisotopic (exact) mass is 369 g/mol. The highest BCUT2D eigenvalue weighted by molar-refractivity contribution is 5.84. The second-order valence-electron chi connectivity index (χ2n) is 5.79. The summed E-state index contributed by atoms with van der Waals surface area (Å²) in [4.78, 5) is 16.5. The Bertz CT molecular complexity index is 1160. The molecule has 0 amide bonds. The molecule has 2 aromatic heterocycles. The Hall–Kier alpha value is -4.18. The molecule has 0 fully saturated rings. The third-order valence-electron chi connectivity index (χ3n) is 3.95. The summed E-state index contributed by atoms with van der Waals surface area (Å²) in [5, 5.41) is 4.06. The maximum atomic E-state index is 7.02. The first-order valence-electron chi connectivity index (χ1n) is 8.44. The van der Waals surface area contributed by atoms with Gasteiger partial charge in [-0.05, 0) is 24.3 Å². The van der Waals surface area contributed by atoms with Crippen LogP contribution in [0, 0.1) is 6.57 Å². The number of hydrogen-bond donors (Lipinski definition) is 1. The van der Waals surface area contributed by atoms with E-state index in [0.29, 0.717) is 29.1 Å². The second kappa shape index (κ2) is 7.60. The molecule has 28 heavy (non-hydrogen) atoms. The molecule has 0 atom stereocenters. The number of para-hydroxylation sites is 1. The molecular weight excluding hydrogens is 354 g/mol. The van der Waals surface area contributed by atoms with Gasteiger partial charge < -0.3 is 14.8 Å². The van der Waals surface area contributed by atoms with Crippen molar-refractivity contribution in [1.82, 2.24) is 15.0 Å². The smallest absolute Gasteiger partial charge is 0.233 e. The summed E-state index contributed by atoms with van der Waals surface area (Å²) in [5.41, 5.74) is 2.05. The lowest BCUT2D eigenvalue weighted by Gasteiger charge is -2.11. The zero-order chi connectivity index (χ0) is 19.3. The molecule has 7 heteroatoms. The molecule has 0 bridgehead atoms. The van der Waals surface area contributed by atoms with Crippen LogP contribution in [0.3, 0.4) is 0 Å². The normalized spacial score (nSPS) is 10.3. The van der Waals surface area contributed by atoms with Gasteiger partial charge in [-0.1, -0.05) is 30.3 Å². The Balaban J connectivity index is 1.65. The summed E-state index contributed by atoms with van der Waals surface area (Å²) in [6.07, 6.45) is 1.72. The van der Waals surface area contributed by atoms with Gasteiger partial charge >= 0.3 is 0 Å². The van der Waals surface area contributed by atoms with Crippen LogP contribution in [0.15, 0.2) is 66.9 Å². The van der Waals surface area contributed by atoms with Gasteiger partial charge in [-0.15, -0.1) is 0 Å². The number of ether oxygens (including phenoxy) is 2. The maximum absolute atomic E-state index is 7.02. The fourth-order valence-electron chi connectivity index (χ4n) is 2.64. The highest BCUT2D eigenvalue weighted by Crippen LogP contribution is 2.30. The van der Waals surface area contributed by atoms with Crippen molar-refractivity contribution in [3.05, 3.63) is 78.3 Å². The van der Waals surface area contributed by atoms with E-state index < -0.39 is 0 Å². The van der Waals surface area contributed by atoms with Gasteiger partial charge in [-0.25, -0.2) is 4.85 Å². The summed E-state index contributed by atoms with van der Waals surface area (Å²) in [7, 11) is 1.53. The number of pyridine rings is 1. The first kappa shape index (κ1) is 17.2. The molecule has 136 valence electrons. The lowest BCUT2D eigenvalue weighted by Crippen LogP contribution is -2.01. The van der Waals surface area contributed by atoms with Crippen molar-refractivity contribution >= 4 is 28.2 Å². The standard InChI is InChI=1S/C21H15N5O2/c1-22-15-8-10-16(11-9-15)24-21-25-18(27-2)13-19(26-21)28-17-7-3-5-14-6-4-12-23-20(14)17/h3-13H,2H3,(H,24,25,26). The van der Waals surface area contributed by atoms with Crippen molar-refractivity contribution in [1.29, 1.82) is 0 Å². The van der Waals surface area contributed by atoms with Crippen LogP contribution in [0.5, 0.6) is 17.5 Å². The topological polar surface area (TPSA) is 73.5 Å². The fraction of sp³-hybridized carbons (Fsp3) is 0.0476. The SMILES string of the molecule is [C-]#[N+]c1ccc(Nc2nc(OC)cc(Oc3cccc4cccnc34)n2)cc1. The van der Waals surface area contributed by atoms with Crippen molar-refractivity contribution < 1.29 is 9.47 Å². The van der Waals surface area contributed by atoms with Crippen LogP contribution in [0.2, 0.25) is 0 Å². The van der Waals surface area contributed by atoms with Crippen LogP contribution in [-0.4, -0.2) is 22.1 Å². The molecule has 0 aliphatic rings. The molecule has 7 nitrogen and oxygen atoms in total. The number of nitrogens with one attached hydrogen (secondary N) is 1. The fourth-order valence-corrected chi connectivity index (χ4v) is 2.64. The van der Waals surface area contributed by atoms with E-state index in [1.165, 1.54) is 7.11 Å². The lowest BCUT2D eigenvalue weighted by atomic mass is 10.2. The van der Waals surface area contributed by atoms with Crippen molar-refractivity contribution in [3.8, 4) is 17.5 Å². The highest BCUT2D eigenvalue weighted by atomic mass is 16.5. The zero-order valence-corrected chi connectivity index (χ0v) is 15.0. The number of benzene rings is 2. The first-order valence-corrected chi connectivity index (χ1v) is 8.44. The van der Waals surface area contributed by atoms with Crippen LogP contribution in [0.1, 0.15) is 0 Å². The number of methoxy groups -OCH3 is 1. The lowest BCUT2D eigenvalue weighted by molar-refractivity contribution is 0.389. The molecular formula is C21H15N5O2. The van der Waals surface area contributed by atoms with E-state index in [9.17, 15) is 0 Å². The van der Waals surface area contributed by atoms with Gasteiger partial charge in [0.05, 0.1) is 19.7 Å².